The number of hydrogen-bond acceptors (Lipinski definition) is 9. The van der Waals surface area contributed by atoms with E-state index in [-0.39, 0.29) is 19.3 Å². The smallest absolute Gasteiger partial charge is 0.374 e. The van der Waals surface area contributed by atoms with E-state index in [1.807, 2.05) is 0 Å². The van der Waals surface area contributed by atoms with E-state index in [0.717, 1.165) is 21.3 Å². The second-order valence-corrected chi connectivity index (χ2v) is 5.43. The summed E-state index contributed by atoms with van der Waals surface area (Å²) in [5.74, 6) is -4.59. The molecule has 0 aromatic heterocycles. The number of ether oxygens (including phenoxy) is 3. The molecule has 0 bridgehead atoms. The summed E-state index contributed by atoms with van der Waals surface area (Å²) in [5, 5.41) is 4.64. The van der Waals surface area contributed by atoms with E-state index in [2.05, 4.69) is 24.8 Å². The maximum Gasteiger partial charge on any atom is 0.374 e. The lowest BCUT2D eigenvalue weighted by atomic mass is 10.1. The minimum absolute atomic E-state index is 0.0180. The lowest BCUT2D eigenvalue weighted by Crippen LogP contribution is -2.47. The number of esters is 3. The molecule has 11 heteroatoms. The fraction of sp³-hybridized carbons (Fsp3) is 0.625. The second kappa shape index (κ2) is 12.4. The number of methoxy groups -OCH3 is 3. The maximum absolute atomic E-state index is 12.1. The predicted octanol–water partition coefficient (Wildman–Crippen LogP) is -1.38. The summed E-state index contributed by atoms with van der Waals surface area (Å²) in [6, 6.07) is -2.31. The first-order valence-electron chi connectivity index (χ1n) is 7.99. The van der Waals surface area contributed by atoms with Crippen molar-refractivity contribution in [2.75, 3.05) is 21.3 Å². The van der Waals surface area contributed by atoms with E-state index >= 15 is 0 Å². The fourth-order valence-corrected chi connectivity index (χ4v) is 2.09. The van der Waals surface area contributed by atoms with Crippen molar-refractivity contribution in [1.29, 1.82) is 0 Å². The van der Waals surface area contributed by atoms with Gasteiger partial charge in [0.2, 0.25) is 17.6 Å². The third-order valence-corrected chi connectivity index (χ3v) is 3.38. The first-order valence-corrected chi connectivity index (χ1v) is 7.99. The Bertz CT molecular complexity index is 588. The molecule has 0 unspecified atom stereocenters. The van der Waals surface area contributed by atoms with Crippen LogP contribution in [0.2, 0.25) is 0 Å². The molecule has 0 spiro atoms. The Morgan fingerprint density at radius 2 is 1.37 bits per heavy atom. The van der Waals surface area contributed by atoms with Gasteiger partial charge in [-0.25, -0.2) is 14.4 Å². The molecule has 2 N–H and O–H groups in total. The molecule has 11 nitrogen and oxygen atoms in total. The fourth-order valence-electron chi connectivity index (χ4n) is 2.09. The van der Waals surface area contributed by atoms with Gasteiger partial charge < -0.3 is 24.8 Å². The van der Waals surface area contributed by atoms with Crippen molar-refractivity contribution in [1.82, 2.24) is 10.6 Å². The van der Waals surface area contributed by atoms with Crippen LogP contribution in [-0.4, -0.2) is 68.9 Å². The Hall–Kier alpha value is -2.98. The Kier molecular flexibility index (Phi) is 11.0. The molecule has 152 valence electrons. The summed E-state index contributed by atoms with van der Waals surface area (Å²) >= 11 is 0. The van der Waals surface area contributed by atoms with Gasteiger partial charge in [0, 0.05) is 13.3 Å². The maximum atomic E-state index is 12.1. The quantitative estimate of drug-likeness (QED) is 0.248. The van der Waals surface area contributed by atoms with Crippen molar-refractivity contribution in [3.8, 4) is 0 Å². The monoisotopic (exact) mass is 388 g/mol. The molecule has 0 aliphatic rings. The SMILES string of the molecule is COC(=O)C(=O)CCC[C@H](NC(=O)C[C@H](NC(C)=O)C(=O)OC)C(=O)OC. The highest BCUT2D eigenvalue weighted by molar-refractivity contribution is 6.33. The van der Waals surface area contributed by atoms with Gasteiger partial charge in [0.15, 0.2) is 0 Å². The second-order valence-electron chi connectivity index (χ2n) is 5.43. The number of rotatable bonds is 11. The normalized spacial score (nSPS) is 12.1. The lowest BCUT2D eigenvalue weighted by molar-refractivity contribution is -0.151. The number of carbonyl (C=O) groups excluding carboxylic acids is 6. The van der Waals surface area contributed by atoms with Crippen LogP contribution in [0.15, 0.2) is 0 Å². The number of ketones is 1. The van der Waals surface area contributed by atoms with E-state index in [1.54, 1.807) is 0 Å². The van der Waals surface area contributed by atoms with Crippen LogP contribution in [0, 0.1) is 0 Å². The van der Waals surface area contributed by atoms with Crippen LogP contribution >= 0.6 is 0 Å². The molecular weight excluding hydrogens is 364 g/mol. The molecule has 0 radical (unpaired) electrons. The van der Waals surface area contributed by atoms with E-state index in [4.69, 9.17) is 0 Å². The van der Waals surface area contributed by atoms with Gasteiger partial charge in [-0.2, -0.15) is 0 Å². The molecule has 2 amide bonds. The molecule has 0 aromatic carbocycles. The van der Waals surface area contributed by atoms with Crippen molar-refractivity contribution < 1.29 is 43.0 Å². The molecular formula is C16H24N2O9. The van der Waals surface area contributed by atoms with Crippen molar-refractivity contribution in [3.63, 3.8) is 0 Å². The summed E-state index contributed by atoms with van der Waals surface area (Å²) in [4.78, 5) is 69.1. The zero-order valence-electron chi connectivity index (χ0n) is 15.7. The zero-order valence-corrected chi connectivity index (χ0v) is 15.7. The summed E-state index contributed by atoms with van der Waals surface area (Å²) in [5.41, 5.74) is 0. The highest BCUT2D eigenvalue weighted by Gasteiger charge is 2.27. The summed E-state index contributed by atoms with van der Waals surface area (Å²) in [6.45, 7) is 1.17. The topological polar surface area (TPSA) is 154 Å². The zero-order chi connectivity index (χ0) is 21.0. The third-order valence-electron chi connectivity index (χ3n) is 3.38. The Morgan fingerprint density at radius 1 is 0.815 bits per heavy atom. The van der Waals surface area contributed by atoms with E-state index < -0.39 is 54.0 Å². The molecule has 0 fully saturated rings. The Morgan fingerprint density at radius 3 is 1.85 bits per heavy atom. The van der Waals surface area contributed by atoms with Crippen molar-refractivity contribution in [2.45, 2.75) is 44.7 Å². The average Bonchev–Trinajstić information content (AvgIpc) is 2.63. The molecule has 0 saturated carbocycles. The van der Waals surface area contributed by atoms with Crippen LogP contribution in [-0.2, 0) is 43.0 Å². The van der Waals surface area contributed by atoms with Crippen LogP contribution in [0.4, 0.5) is 0 Å². The molecule has 27 heavy (non-hydrogen) atoms. The molecule has 0 aliphatic carbocycles. The van der Waals surface area contributed by atoms with Crippen molar-refractivity contribution >= 4 is 35.5 Å². The highest BCUT2D eigenvalue weighted by atomic mass is 16.5. The van der Waals surface area contributed by atoms with E-state index in [1.165, 1.54) is 6.92 Å². The van der Waals surface area contributed by atoms with Crippen LogP contribution in [0.5, 0.6) is 0 Å². The predicted molar refractivity (Wildman–Crippen MR) is 89.1 cm³/mol. The van der Waals surface area contributed by atoms with Gasteiger partial charge >= 0.3 is 17.9 Å². The van der Waals surface area contributed by atoms with Crippen LogP contribution < -0.4 is 10.6 Å². The molecule has 0 saturated heterocycles. The molecule has 0 aromatic rings. The number of amides is 2. The van der Waals surface area contributed by atoms with Gasteiger partial charge in [0.05, 0.1) is 27.8 Å². The first kappa shape index (κ1) is 24.0. The van der Waals surface area contributed by atoms with Crippen molar-refractivity contribution in [2.24, 2.45) is 0 Å². The Balaban J connectivity index is 4.82. The van der Waals surface area contributed by atoms with Crippen LogP contribution in [0.1, 0.15) is 32.6 Å². The number of carbonyl (C=O) groups is 6. The van der Waals surface area contributed by atoms with Gasteiger partial charge in [-0.05, 0) is 12.8 Å². The van der Waals surface area contributed by atoms with Gasteiger partial charge in [-0.1, -0.05) is 0 Å². The molecule has 2 atom stereocenters. The largest absolute Gasteiger partial charge is 0.467 e. The lowest BCUT2D eigenvalue weighted by Gasteiger charge is -2.19. The minimum atomic E-state index is -1.22. The highest BCUT2D eigenvalue weighted by Crippen LogP contribution is 2.06. The van der Waals surface area contributed by atoms with Crippen LogP contribution in [0.3, 0.4) is 0 Å². The standard InChI is InChI=1S/C16H24N2O9/c1-9(19)17-11(15(23)26-3)8-13(21)18-10(14(22)25-2)6-5-7-12(20)16(24)27-4/h10-11H,5-8H2,1-4H3,(H,17,19)(H,18,21)/t10-,11-/m0/s1. The average molecular weight is 388 g/mol. The number of hydrogen-bond donors (Lipinski definition) is 2. The Labute approximate surface area is 156 Å². The van der Waals surface area contributed by atoms with Gasteiger partial charge in [0.25, 0.3) is 0 Å². The molecule has 0 aliphatic heterocycles. The third kappa shape index (κ3) is 9.33. The number of nitrogens with one attached hydrogen (secondary N) is 2. The number of Topliss-reactive ketones (excluding diaryl/α,β-unsaturated/α-hetero) is 1. The molecule has 0 heterocycles. The van der Waals surface area contributed by atoms with E-state index in [9.17, 15) is 28.8 Å². The summed E-state index contributed by atoms with van der Waals surface area (Å²) in [6.07, 6.45) is -0.502. The molecule has 0 rings (SSSR count). The summed E-state index contributed by atoms with van der Waals surface area (Å²) in [7, 11) is 3.30. The van der Waals surface area contributed by atoms with Crippen molar-refractivity contribution in [3.05, 3.63) is 0 Å². The van der Waals surface area contributed by atoms with E-state index in [0.29, 0.717) is 0 Å². The minimum Gasteiger partial charge on any atom is -0.467 e. The summed E-state index contributed by atoms with van der Waals surface area (Å²) < 4.78 is 13.4. The van der Waals surface area contributed by atoms with Gasteiger partial charge in [0.1, 0.15) is 12.1 Å². The van der Waals surface area contributed by atoms with Gasteiger partial charge in [-0.15, -0.1) is 0 Å². The first-order chi connectivity index (χ1) is 12.7. The van der Waals surface area contributed by atoms with Crippen LogP contribution in [0.25, 0.3) is 0 Å². The van der Waals surface area contributed by atoms with Gasteiger partial charge in [-0.3, -0.25) is 14.4 Å².